The van der Waals surface area contributed by atoms with E-state index in [-0.39, 0.29) is 5.82 Å². The minimum Gasteiger partial charge on any atom is -0.457 e. The Kier molecular flexibility index (Phi) is 2.30. The lowest BCUT2D eigenvalue weighted by atomic mass is 10.4. The molecule has 0 aliphatic carbocycles. The smallest absolute Gasteiger partial charge is 0.389 e. The predicted octanol–water partition coefficient (Wildman–Crippen LogP) is 1.42. The molecule has 0 N–H and O–H groups in total. The molecular weight excluding hydrogens is 214 g/mol. The summed E-state index contributed by atoms with van der Waals surface area (Å²) in [5.41, 5.74) is 0. The number of allylic oxidation sites excluding steroid dienone is 1. The molecule has 1 aromatic heterocycles. The third-order valence-electron chi connectivity index (χ3n) is 1.98. The first kappa shape index (κ1) is 10.5. The average Bonchev–Trinajstić information content (AvgIpc) is 2.73. The fraction of sp³-hybridized carbons (Fsp3) is 0.444. The Balaban J connectivity index is 2.02. The highest BCUT2D eigenvalue weighted by molar-refractivity contribution is 5.14. The van der Waals surface area contributed by atoms with Crippen molar-refractivity contribution in [3.05, 3.63) is 34.4 Å². The minimum absolute atomic E-state index is 0.182. The van der Waals surface area contributed by atoms with Crippen molar-refractivity contribution in [2.24, 2.45) is 0 Å². The van der Waals surface area contributed by atoms with E-state index < -0.39 is 10.7 Å². The molecule has 0 saturated carbocycles. The van der Waals surface area contributed by atoms with Crippen molar-refractivity contribution < 1.29 is 14.4 Å². The molecule has 0 radical (unpaired) electrons. The highest BCUT2D eigenvalue weighted by atomic mass is 16.7. The quantitative estimate of drug-likeness (QED) is 0.574. The van der Waals surface area contributed by atoms with Gasteiger partial charge < -0.3 is 19.6 Å². The lowest BCUT2D eigenvalue weighted by molar-refractivity contribution is -0.389. The van der Waals surface area contributed by atoms with Crippen molar-refractivity contribution in [3.63, 3.8) is 0 Å². The second-order valence-corrected chi connectivity index (χ2v) is 3.83. The van der Waals surface area contributed by atoms with Crippen LogP contribution >= 0.6 is 0 Å². The second-order valence-electron chi connectivity index (χ2n) is 3.83. The Morgan fingerprint density at radius 1 is 1.62 bits per heavy atom. The first-order chi connectivity index (χ1) is 7.46. The highest BCUT2D eigenvalue weighted by Crippen LogP contribution is 2.25. The monoisotopic (exact) mass is 225 g/mol. The van der Waals surface area contributed by atoms with Crippen molar-refractivity contribution in [3.8, 4) is 0 Å². The summed E-state index contributed by atoms with van der Waals surface area (Å²) in [4.78, 5) is 9.87. The topological polar surface area (TPSA) is 79.4 Å². The molecule has 1 aliphatic heterocycles. The molecule has 0 bridgehead atoms. The van der Waals surface area contributed by atoms with Crippen molar-refractivity contribution in [1.29, 1.82) is 0 Å². The van der Waals surface area contributed by atoms with Crippen LogP contribution in [0.5, 0.6) is 0 Å². The van der Waals surface area contributed by atoms with E-state index in [9.17, 15) is 10.1 Å². The van der Waals surface area contributed by atoms with Crippen LogP contribution in [0.25, 0.3) is 0 Å². The van der Waals surface area contributed by atoms with Crippen LogP contribution in [-0.2, 0) is 16.0 Å². The standard InChI is InChI=1S/C9H11N3O4/c1-9(2)15-6-7(16-9)5-11-4-3-8(10-11)12(13)14/h3-4,6H,5H2,1-2H3. The molecule has 7 heteroatoms. The van der Waals surface area contributed by atoms with Crippen LogP contribution < -0.4 is 0 Å². The molecule has 86 valence electrons. The van der Waals surface area contributed by atoms with Crippen LogP contribution in [0, 0.1) is 10.1 Å². The van der Waals surface area contributed by atoms with E-state index in [1.165, 1.54) is 23.2 Å². The Morgan fingerprint density at radius 2 is 2.38 bits per heavy atom. The number of rotatable bonds is 3. The largest absolute Gasteiger partial charge is 0.457 e. The van der Waals surface area contributed by atoms with Gasteiger partial charge in [0, 0.05) is 13.8 Å². The molecule has 0 fully saturated rings. The SMILES string of the molecule is CC1(C)OC=C(Cn2ccc([N+](=O)[O-])n2)O1. The fourth-order valence-corrected chi connectivity index (χ4v) is 1.34. The van der Waals surface area contributed by atoms with Crippen molar-refractivity contribution in [2.75, 3.05) is 0 Å². The van der Waals surface area contributed by atoms with Crippen LogP contribution in [0.4, 0.5) is 5.82 Å². The molecule has 2 heterocycles. The highest BCUT2D eigenvalue weighted by Gasteiger charge is 2.28. The molecule has 7 nitrogen and oxygen atoms in total. The first-order valence-electron chi connectivity index (χ1n) is 4.70. The third-order valence-corrected chi connectivity index (χ3v) is 1.98. The molecule has 0 unspecified atom stereocenters. The third kappa shape index (κ3) is 2.13. The zero-order chi connectivity index (χ0) is 11.8. The number of nitrogens with zero attached hydrogens (tertiary/aromatic N) is 3. The van der Waals surface area contributed by atoms with E-state index >= 15 is 0 Å². The van der Waals surface area contributed by atoms with E-state index in [1.807, 2.05) is 0 Å². The van der Waals surface area contributed by atoms with Gasteiger partial charge in [-0.15, -0.1) is 0 Å². The molecule has 0 amide bonds. The van der Waals surface area contributed by atoms with Gasteiger partial charge in [0.1, 0.15) is 12.8 Å². The fourth-order valence-electron chi connectivity index (χ4n) is 1.34. The van der Waals surface area contributed by atoms with Crippen LogP contribution in [-0.4, -0.2) is 20.5 Å². The summed E-state index contributed by atoms with van der Waals surface area (Å²) in [7, 11) is 0. The van der Waals surface area contributed by atoms with Crippen molar-refractivity contribution in [2.45, 2.75) is 26.2 Å². The van der Waals surface area contributed by atoms with Crippen LogP contribution in [0.15, 0.2) is 24.3 Å². The maximum absolute atomic E-state index is 10.4. The number of hydrogen-bond donors (Lipinski definition) is 0. The molecule has 0 atom stereocenters. The second kappa shape index (κ2) is 3.51. The van der Waals surface area contributed by atoms with E-state index in [1.54, 1.807) is 13.8 Å². The summed E-state index contributed by atoms with van der Waals surface area (Å²) in [5, 5.41) is 14.2. The number of nitro groups is 1. The Hall–Kier alpha value is -2.05. The maximum Gasteiger partial charge on any atom is 0.389 e. The lowest BCUT2D eigenvalue weighted by Gasteiger charge is -2.17. The van der Waals surface area contributed by atoms with Gasteiger partial charge in [0.25, 0.3) is 0 Å². The van der Waals surface area contributed by atoms with E-state index in [2.05, 4.69) is 5.10 Å². The first-order valence-corrected chi connectivity index (χ1v) is 4.70. The van der Waals surface area contributed by atoms with Crippen molar-refractivity contribution in [1.82, 2.24) is 9.78 Å². The van der Waals surface area contributed by atoms with Gasteiger partial charge in [-0.1, -0.05) is 0 Å². The summed E-state index contributed by atoms with van der Waals surface area (Å²) in [6.07, 6.45) is 3.02. The summed E-state index contributed by atoms with van der Waals surface area (Å²) in [5.74, 6) is -0.268. The number of ether oxygens (including phenoxy) is 2. The molecule has 0 spiro atoms. The van der Waals surface area contributed by atoms with Gasteiger partial charge in [-0.2, -0.15) is 4.68 Å². The van der Waals surface area contributed by atoms with Crippen molar-refractivity contribution >= 4 is 5.82 Å². The average molecular weight is 225 g/mol. The lowest BCUT2D eigenvalue weighted by Crippen LogP contribution is -2.21. The molecule has 2 rings (SSSR count). The molecule has 1 aliphatic rings. The minimum atomic E-state index is -0.672. The molecule has 0 aromatic carbocycles. The van der Waals surface area contributed by atoms with E-state index in [0.29, 0.717) is 12.3 Å². The van der Waals surface area contributed by atoms with Gasteiger partial charge in [-0.25, -0.2) is 0 Å². The maximum atomic E-state index is 10.4. The van der Waals surface area contributed by atoms with Gasteiger partial charge in [0.05, 0.1) is 17.4 Å². The molecular formula is C9H11N3O4. The Labute approximate surface area is 91.4 Å². The molecule has 0 saturated heterocycles. The Bertz CT molecular complexity index is 449. The predicted molar refractivity (Wildman–Crippen MR) is 53.2 cm³/mol. The number of aromatic nitrogens is 2. The van der Waals surface area contributed by atoms with Gasteiger partial charge in [-0.05, 0) is 4.92 Å². The van der Waals surface area contributed by atoms with Gasteiger partial charge in [0.15, 0.2) is 5.76 Å². The zero-order valence-corrected chi connectivity index (χ0v) is 8.91. The van der Waals surface area contributed by atoms with Gasteiger partial charge >= 0.3 is 5.82 Å². The van der Waals surface area contributed by atoms with E-state index in [4.69, 9.17) is 9.47 Å². The summed E-state index contributed by atoms with van der Waals surface area (Å²) in [6.45, 7) is 3.88. The normalized spacial score (nSPS) is 17.5. The Morgan fingerprint density at radius 3 is 2.88 bits per heavy atom. The molecule has 1 aromatic rings. The summed E-state index contributed by atoms with van der Waals surface area (Å²) in [6, 6.07) is 1.33. The molecule has 16 heavy (non-hydrogen) atoms. The van der Waals surface area contributed by atoms with E-state index in [0.717, 1.165) is 0 Å². The van der Waals surface area contributed by atoms with Crippen LogP contribution in [0.1, 0.15) is 13.8 Å². The van der Waals surface area contributed by atoms with Gasteiger partial charge in [0.2, 0.25) is 5.79 Å². The summed E-state index contributed by atoms with van der Waals surface area (Å²) >= 11 is 0. The van der Waals surface area contributed by atoms with Crippen LogP contribution in [0.3, 0.4) is 0 Å². The zero-order valence-electron chi connectivity index (χ0n) is 8.91. The van der Waals surface area contributed by atoms with Gasteiger partial charge in [-0.3, -0.25) is 0 Å². The summed E-state index contributed by atoms with van der Waals surface area (Å²) < 4.78 is 12.1. The number of hydrogen-bond acceptors (Lipinski definition) is 5. The van der Waals surface area contributed by atoms with Crippen LogP contribution in [0.2, 0.25) is 0 Å².